The highest BCUT2D eigenvalue weighted by Crippen LogP contribution is 2.50. The van der Waals surface area contributed by atoms with Crippen LogP contribution in [0.3, 0.4) is 0 Å². The molecule has 0 fully saturated rings. The molecule has 13 rings (SSSR count). The van der Waals surface area contributed by atoms with Crippen molar-refractivity contribution in [1.82, 2.24) is 4.57 Å². The van der Waals surface area contributed by atoms with Crippen LogP contribution in [0.25, 0.3) is 83.1 Å². The number of benzene rings is 11. The molecule has 1 aliphatic carbocycles. The maximum Gasteiger partial charge on any atom is 0.0541 e. The van der Waals surface area contributed by atoms with Crippen LogP contribution in [0.15, 0.2) is 279 Å². The molecule has 1 nitrogen and oxygen atoms in total. The molecule has 0 radical (unpaired) electrons. The van der Waals surface area contributed by atoms with Gasteiger partial charge in [-0.3, -0.25) is 0 Å². The first-order valence-electron chi connectivity index (χ1n) is 24.7. The fraction of sp³-hybridized carbons (Fsp3) is 0.0286. The molecule has 1 heterocycles. The highest BCUT2D eigenvalue weighted by molar-refractivity contribution is 6.14. The van der Waals surface area contributed by atoms with Crippen LogP contribution in [-0.2, 0) is 6.42 Å². The second-order valence-electron chi connectivity index (χ2n) is 18.8. The molecule has 0 spiro atoms. The van der Waals surface area contributed by atoms with Gasteiger partial charge in [-0.25, -0.2) is 0 Å². The Kier molecular flexibility index (Phi) is 10.7. The van der Waals surface area contributed by atoms with Crippen LogP contribution in [0.2, 0.25) is 0 Å². The van der Waals surface area contributed by atoms with E-state index >= 15 is 0 Å². The Morgan fingerprint density at radius 2 is 0.817 bits per heavy atom. The Morgan fingerprint density at radius 3 is 1.46 bits per heavy atom. The first-order valence-corrected chi connectivity index (χ1v) is 24.7. The minimum atomic E-state index is 0.0413. The van der Waals surface area contributed by atoms with Crippen LogP contribution in [0.5, 0.6) is 0 Å². The zero-order chi connectivity index (χ0) is 47.1. The molecule has 334 valence electrons. The van der Waals surface area contributed by atoms with Crippen LogP contribution in [-0.4, -0.2) is 4.57 Å². The largest absolute Gasteiger partial charge is 0.309 e. The number of nitrogens with zero attached hydrogens (tertiary/aromatic N) is 1. The summed E-state index contributed by atoms with van der Waals surface area (Å²) in [6, 6.07) is 103. The third-order valence-electron chi connectivity index (χ3n) is 14.6. The maximum atomic E-state index is 2.52. The van der Waals surface area contributed by atoms with E-state index in [-0.39, 0.29) is 5.92 Å². The minimum absolute atomic E-state index is 0.0413. The second kappa shape index (κ2) is 18.1. The Balaban J connectivity index is 0.966. The van der Waals surface area contributed by atoms with Crippen LogP contribution < -0.4 is 0 Å². The van der Waals surface area contributed by atoms with Crippen molar-refractivity contribution in [1.29, 1.82) is 0 Å². The number of aromatic nitrogens is 1. The van der Waals surface area contributed by atoms with Crippen molar-refractivity contribution in [3.8, 4) is 50.2 Å². The van der Waals surface area contributed by atoms with E-state index < -0.39 is 0 Å². The van der Waals surface area contributed by atoms with Gasteiger partial charge in [-0.2, -0.15) is 0 Å². The van der Waals surface area contributed by atoms with Crippen LogP contribution in [0.4, 0.5) is 0 Å². The number of rotatable bonds is 10. The summed E-state index contributed by atoms with van der Waals surface area (Å²) in [5.41, 5.74) is 24.8. The minimum Gasteiger partial charge on any atom is -0.309 e. The predicted octanol–water partition coefficient (Wildman–Crippen LogP) is 18.1. The molecule has 0 saturated carbocycles. The lowest BCUT2D eigenvalue weighted by Gasteiger charge is -2.23. The zero-order valence-electron chi connectivity index (χ0n) is 39.3. The normalized spacial score (nSPS) is 12.2. The molecule has 1 unspecified atom stereocenters. The zero-order valence-corrected chi connectivity index (χ0v) is 39.3. The van der Waals surface area contributed by atoms with E-state index in [4.69, 9.17) is 0 Å². The quantitative estimate of drug-likeness (QED) is 0.129. The smallest absolute Gasteiger partial charge is 0.0541 e. The lowest BCUT2D eigenvalue weighted by Crippen LogP contribution is -2.07. The van der Waals surface area contributed by atoms with Gasteiger partial charge >= 0.3 is 0 Å². The van der Waals surface area contributed by atoms with E-state index in [1.165, 1.54) is 122 Å². The summed E-state index contributed by atoms with van der Waals surface area (Å²) < 4.78 is 2.38. The van der Waals surface area contributed by atoms with E-state index in [1.807, 2.05) is 0 Å². The lowest BCUT2D eigenvalue weighted by molar-refractivity contribution is 0.805. The third-order valence-corrected chi connectivity index (χ3v) is 14.6. The molecule has 1 aromatic heterocycles. The van der Waals surface area contributed by atoms with E-state index in [0.717, 1.165) is 6.42 Å². The standard InChI is InChI=1S/C70H49N/c1-6-20-49(21-7-1)56-43-57(50-22-8-2-9-23-50)45-58(44-56)64(42-48-34-36-51(37-35-48)54-39-41-68-65(46-54)62-31-18-19-33-67(62)71(68)59-28-14-5-15-29-59)55-38-40-61-60-30-16-17-32-63(60)70(66(61)47-55)69(52-24-10-3-11-25-52)53-26-12-4-13-27-53/h1-41,43-47,64H,42H2. The Labute approximate surface area is 415 Å². The van der Waals surface area contributed by atoms with Gasteiger partial charge in [0.1, 0.15) is 0 Å². The molecule has 11 aromatic carbocycles. The first kappa shape index (κ1) is 42.1. The van der Waals surface area contributed by atoms with Crippen molar-refractivity contribution in [2.45, 2.75) is 12.3 Å². The average Bonchev–Trinajstić information content (AvgIpc) is 3.96. The van der Waals surface area contributed by atoms with Gasteiger partial charge in [-0.1, -0.05) is 237 Å². The SMILES string of the molecule is c1ccc(C(=C2c3ccccc3-c3ccc(C(Cc4ccc(-c5ccc6c(c5)c5ccccc5n6-c5ccccc5)cc4)c4cc(-c5ccccc5)cc(-c5ccccc5)c4)cc32)c2ccccc2)cc1. The van der Waals surface area contributed by atoms with E-state index in [1.54, 1.807) is 0 Å². The number of hydrogen-bond acceptors (Lipinski definition) is 0. The summed E-state index contributed by atoms with van der Waals surface area (Å²) in [6.45, 7) is 0. The first-order chi connectivity index (χ1) is 35.2. The molecule has 0 N–H and O–H groups in total. The van der Waals surface area contributed by atoms with Crippen molar-refractivity contribution in [2.24, 2.45) is 0 Å². The van der Waals surface area contributed by atoms with Gasteiger partial charge in [0.05, 0.1) is 11.0 Å². The van der Waals surface area contributed by atoms with Crippen molar-refractivity contribution < 1.29 is 0 Å². The summed E-state index contributed by atoms with van der Waals surface area (Å²) in [4.78, 5) is 0. The van der Waals surface area contributed by atoms with Gasteiger partial charge in [0.2, 0.25) is 0 Å². The van der Waals surface area contributed by atoms with E-state index in [9.17, 15) is 0 Å². The van der Waals surface area contributed by atoms with Crippen LogP contribution >= 0.6 is 0 Å². The topological polar surface area (TPSA) is 4.93 Å². The summed E-state index contributed by atoms with van der Waals surface area (Å²) in [6.07, 6.45) is 0.825. The van der Waals surface area contributed by atoms with Crippen molar-refractivity contribution in [3.63, 3.8) is 0 Å². The summed E-state index contributed by atoms with van der Waals surface area (Å²) in [5, 5.41) is 2.52. The molecule has 1 aliphatic rings. The van der Waals surface area contributed by atoms with E-state index in [2.05, 4.69) is 284 Å². The predicted molar refractivity (Wildman–Crippen MR) is 299 cm³/mol. The maximum absolute atomic E-state index is 2.52. The second-order valence-corrected chi connectivity index (χ2v) is 18.8. The summed E-state index contributed by atoms with van der Waals surface area (Å²) >= 11 is 0. The molecular weight excluding hydrogens is 855 g/mol. The monoisotopic (exact) mass is 903 g/mol. The lowest BCUT2D eigenvalue weighted by atomic mass is 9.81. The Hall–Kier alpha value is -9.04. The van der Waals surface area contributed by atoms with Gasteiger partial charge in [0, 0.05) is 22.4 Å². The molecule has 71 heavy (non-hydrogen) atoms. The molecule has 0 aliphatic heterocycles. The highest BCUT2D eigenvalue weighted by atomic mass is 15.0. The molecule has 1 heteroatoms. The highest BCUT2D eigenvalue weighted by Gasteiger charge is 2.29. The van der Waals surface area contributed by atoms with Crippen LogP contribution in [0, 0.1) is 0 Å². The third kappa shape index (κ3) is 7.79. The molecule has 0 bridgehead atoms. The summed E-state index contributed by atoms with van der Waals surface area (Å²) in [5.74, 6) is 0.0413. The van der Waals surface area contributed by atoms with Gasteiger partial charge in [0.25, 0.3) is 0 Å². The average molecular weight is 904 g/mol. The summed E-state index contributed by atoms with van der Waals surface area (Å²) in [7, 11) is 0. The van der Waals surface area contributed by atoms with Crippen molar-refractivity contribution >= 4 is 33.0 Å². The van der Waals surface area contributed by atoms with Gasteiger partial charge in [-0.15, -0.1) is 0 Å². The number of hydrogen-bond donors (Lipinski definition) is 0. The Bertz CT molecular complexity index is 3800. The number of fused-ring (bicyclic) bond motifs is 6. The van der Waals surface area contributed by atoms with Gasteiger partial charge in [0.15, 0.2) is 0 Å². The molecule has 12 aromatic rings. The Morgan fingerprint density at radius 1 is 0.310 bits per heavy atom. The fourth-order valence-corrected chi connectivity index (χ4v) is 11.2. The van der Waals surface area contributed by atoms with Crippen LogP contribution in [0.1, 0.15) is 44.9 Å². The fourth-order valence-electron chi connectivity index (χ4n) is 11.2. The van der Waals surface area contributed by atoms with Gasteiger partial charge < -0.3 is 4.57 Å². The van der Waals surface area contributed by atoms with E-state index in [0.29, 0.717) is 0 Å². The number of para-hydroxylation sites is 2. The van der Waals surface area contributed by atoms with Crippen molar-refractivity contribution in [2.75, 3.05) is 0 Å². The molecule has 1 atom stereocenters. The molecular formula is C70H49N. The molecule has 0 amide bonds. The van der Waals surface area contributed by atoms with Gasteiger partial charge in [-0.05, 0) is 143 Å². The molecule has 0 saturated heterocycles. The van der Waals surface area contributed by atoms with Crippen molar-refractivity contribution in [3.05, 3.63) is 318 Å².